The number of nitrogens with zero attached hydrogens (tertiary/aromatic N) is 5. The van der Waals surface area contributed by atoms with Gasteiger partial charge in [-0.3, -0.25) is 10.1 Å². The molecule has 8 nitrogen and oxygen atoms in total. The predicted molar refractivity (Wildman–Crippen MR) is 124 cm³/mol. The Morgan fingerprint density at radius 2 is 1.94 bits per heavy atom. The molecular weight excluding hydrogens is 451 g/mol. The van der Waals surface area contributed by atoms with Crippen molar-refractivity contribution in [1.82, 2.24) is 25.0 Å². The highest BCUT2D eigenvalue weighted by molar-refractivity contribution is 8.00. The first-order valence-electron chi connectivity index (χ1n) is 10.4. The first-order valence-corrected chi connectivity index (χ1v) is 12.1. The third-order valence-corrected chi connectivity index (χ3v) is 6.51. The molecular formula is C21H27FN6O2S2. The van der Waals surface area contributed by atoms with Crippen molar-refractivity contribution in [3.05, 3.63) is 40.9 Å². The molecule has 3 aromatic rings. The van der Waals surface area contributed by atoms with Crippen LogP contribution >= 0.6 is 23.1 Å². The number of para-hydroxylation sites is 1. The highest BCUT2D eigenvalue weighted by Gasteiger charge is 2.25. The lowest BCUT2D eigenvalue weighted by Crippen LogP contribution is -2.23. The standard InChI is InChI=1S/C21H27FN6O2S2/c1-6-17-24-26-20(32-17)23-19(29)14(5)31-21-27-25-18(28(21)11-12(2)3)13(4)30-16-10-8-7-9-15(16)22/h7-10,12-14H,6,11H2,1-5H3,(H,23,26,29). The summed E-state index contributed by atoms with van der Waals surface area (Å²) in [6.07, 6.45) is 0.247. The van der Waals surface area contributed by atoms with E-state index in [-0.39, 0.29) is 11.7 Å². The lowest BCUT2D eigenvalue weighted by molar-refractivity contribution is -0.115. The maximum atomic E-state index is 14.0. The first-order chi connectivity index (χ1) is 15.3. The minimum atomic E-state index is -0.523. The monoisotopic (exact) mass is 478 g/mol. The number of aromatic nitrogens is 5. The van der Waals surface area contributed by atoms with Crippen molar-refractivity contribution in [3.8, 4) is 5.75 Å². The number of benzene rings is 1. The Morgan fingerprint density at radius 1 is 1.19 bits per heavy atom. The van der Waals surface area contributed by atoms with Crippen LogP contribution in [0.25, 0.3) is 0 Å². The number of hydrogen-bond donors (Lipinski definition) is 1. The number of carbonyl (C=O) groups excluding carboxylic acids is 1. The van der Waals surface area contributed by atoms with Crippen LogP contribution in [0.5, 0.6) is 5.75 Å². The van der Waals surface area contributed by atoms with Gasteiger partial charge in [0.05, 0.1) is 5.25 Å². The third-order valence-electron chi connectivity index (χ3n) is 4.45. The second-order valence-electron chi connectivity index (χ2n) is 7.64. The van der Waals surface area contributed by atoms with Crippen LogP contribution in [0, 0.1) is 11.7 Å². The Labute approximate surface area is 195 Å². The minimum absolute atomic E-state index is 0.157. The number of halogens is 1. The molecule has 0 aliphatic heterocycles. The fraction of sp³-hybridized carbons (Fsp3) is 0.476. The molecule has 2 heterocycles. The Bertz CT molecular complexity index is 1050. The minimum Gasteiger partial charge on any atom is -0.480 e. The number of ether oxygens (including phenoxy) is 1. The van der Waals surface area contributed by atoms with E-state index in [0.717, 1.165) is 11.4 Å². The Morgan fingerprint density at radius 3 is 2.59 bits per heavy atom. The van der Waals surface area contributed by atoms with Gasteiger partial charge >= 0.3 is 0 Å². The molecule has 11 heteroatoms. The summed E-state index contributed by atoms with van der Waals surface area (Å²) >= 11 is 2.67. The van der Waals surface area contributed by atoms with E-state index in [1.54, 1.807) is 32.0 Å². The molecule has 0 fully saturated rings. The van der Waals surface area contributed by atoms with Crippen molar-refractivity contribution in [2.75, 3.05) is 5.32 Å². The van der Waals surface area contributed by atoms with Crippen molar-refractivity contribution in [1.29, 1.82) is 0 Å². The lowest BCUT2D eigenvalue weighted by Gasteiger charge is -2.18. The van der Waals surface area contributed by atoms with Crippen molar-refractivity contribution >= 4 is 34.1 Å². The molecule has 0 saturated heterocycles. The van der Waals surface area contributed by atoms with Crippen LogP contribution in [-0.4, -0.2) is 36.1 Å². The zero-order valence-electron chi connectivity index (χ0n) is 18.7. The van der Waals surface area contributed by atoms with Crippen molar-refractivity contribution in [2.45, 2.75) is 64.1 Å². The topological polar surface area (TPSA) is 94.8 Å². The number of carbonyl (C=O) groups is 1. The fourth-order valence-corrected chi connectivity index (χ4v) is 4.42. The SMILES string of the molecule is CCc1nnc(NC(=O)C(C)Sc2nnc(C(C)Oc3ccccc3F)n2CC(C)C)s1. The molecule has 2 aromatic heterocycles. The molecule has 2 atom stereocenters. The van der Waals surface area contributed by atoms with Gasteiger partial charge in [0.2, 0.25) is 11.0 Å². The summed E-state index contributed by atoms with van der Waals surface area (Å²) in [5.41, 5.74) is 0. The van der Waals surface area contributed by atoms with Crippen LogP contribution in [0.4, 0.5) is 9.52 Å². The largest absolute Gasteiger partial charge is 0.480 e. The Balaban J connectivity index is 1.75. The van der Waals surface area contributed by atoms with Gasteiger partial charge in [-0.1, -0.05) is 56.0 Å². The Kier molecular flexibility index (Phi) is 8.19. The quantitative estimate of drug-likeness (QED) is 0.420. The molecule has 3 rings (SSSR count). The van der Waals surface area contributed by atoms with Crippen LogP contribution < -0.4 is 10.1 Å². The van der Waals surface area contributed by atoms with Gasteiger partial charge in [-0.25, -0.2) is 4.39 Å². The molecule has 1 N–H and O–H groups in total. The van der Waals surface area contributed by atoms with Gasteiger partial charge in [-0.05, 0) is 38.3 Å². The molecule has 172 valence electrons. The van der Waals surface area contributed by atoms with E-state index in [0.29, 0.717) is 28.6 Å². The molecule has 0 bridgehead atoms. The van der Waals surface area contributed by atoms with E-state index in [9.17, 15) is 9.18 Å². The van der Waals surface area contributed by atoms with Gasteiger partial charge in [0.1, 0.15) is 5.01 Å². The summed E-state index contributed by atoms with van der Waals surface area (Å²) in [5, 5.41) is 20.9. The lowest BCUT2D eigenvalue weighted by atomic mass is 10.2. The maximum Gasteiger partial charge on any atom is 0.239 e. The zero-order valence-corrected chi connectivity index (χ0v) is 20.3. The Hall–Kier alpha value is -2.53. The molecule has 0 aliphatic rings. The number of nitrogens with one attached hydrogen (secondary N) is 1. The summed E-state index contributed by atoms with van der Waals surface area (Å²) < 4.78 is 21.8. The van der Waals surface area contributed by atoms with E-state index in [2.05, 4.69) is 39.6 Å². The van der Waals surface area contributed by atoms with Gasteiger partial charge in [0, 0.05) is 6.54 Å². The summed E-state index contributed by atoms with van der Waals surface area (Å²) in [5.74, 6) is 0.420. The maximum absolute atomic E-state index is 14.0. The van der Waals surface area contributed by atoms with E-state index in [4.69, 9.17) is 4.74 Å². The summed E-state index contributed by atoms with van der Waals surface area (Å²) in [4.78, 5) is 12.7. The normalized spacial score (nSPS) is 13.2. The summed E-state index contributed by atoms with van der Waals surface area (Å²) in [6, 6.07) is 6.26. The van der Waals surface area contributed by atoms with Crippen LogP contribution in [0.3, 0.4) is 0 Å². The fourth-order valence-electron chi connectivity index (χ4n) is 2.87. The van der Waals surface area contributed by atoms with Crippen molar-refractivity contribution in [2.24, 2.45) is 5.92 Å². The second kappa shape index (κ2) is 10.9. The van der Waals surface area contributed by atoms with E-state index in [1.807, 2.05) is 11.5 Å². The molecule has 1 amide bonds. The number of aryl methyl sites for hydroxylation is 1. The van der Waals surface area contributed by atoms with E-state index in [1.165, 1.54) is 29.2 Å². The van der Waals surface area contributed by atoms with Crippen molar-refractivity contribution < 1.29 is 13.9 Å². The number of amides is 1. The number of thioether (sulfide) groups is 1. The summed E-state index contributed by atoms with van der Waals surface area (Å²) in [7, 11) is 0. The molecule has 0 spiro atoms. The number of hydrogen-bond acceptors (Lipinski definition) is 8. The molecule has 0 saturated carbocycles. The highest BCUT2D eigenvalue weighted by Crippen LogP contribution is 2.29. The first kappa shape index (κ1) is 24.1. The molecule has 0 radical (unpaired) electrons. The molecule has 1 aromatic carbocycles. The van der Waals surface area contributed by atoms with E-state index >= 15 is 0 Å². The number of anilines is 1. The van der Waals surface area contributed by atoms with Crippen LogP contribution in [0.2, 0.25) is 0 Å². The van der Waals surface area contributed by atoms with Crippen LogP contribution in [-0.2, 0) is 17.8 Å². The summed E-state index contributed by atoms with van der Waals surface area (Å²) in [6.45, 7) is 10.4. The van der Waals surface area contributed by atoms with Gasteiger partial charge < -0.3 is 9.30 Å². The van der Waals surface area contributed by atoms with E-state index < -0.39 is 17.2 Å². The molecule has 2 unspecified atom stereocenters. The van der Waals surface area contributed by atoms with Crippen LogP contribution in [0.1, 0.15) is 51.6 Å². The highest BCUT2D eigenvalue weighted by atomic mass is 32.2. The van der Waals surface area contributed by atoms with Crippen LogP contribution in [0.15, 0.2) is 29.4 Å². The van der Waals surface area contributed by atoms with Gasteiger partial charge in [0.25, 0.3) is 0 Å². The number of rotatable bonds is 10. The van der Waals surface area contributed by atoms with Gasteiger partial charge in [0.15, 0.2) is 28.7 Å². The second-order valence-corrected chi connectivity index (χ2v) is 10.0. The third kappa shape index (κ3) is 6.04. The van der Waals surface area contributed by atoms with Gasteiger partial charge in [-0.2, -0.15) is 0 Å². The average Bonchev–Trinajstić information content (AvgIpc) is 3.36. The smallest absolute Gasteiger partial charge is 0.239 e. The zero-order chi connectivity index (χ0) is 23.3. The average molecular weight is 479 g/mol. The molecule has 0 aliphatic carbocycles. The van der Waals surface area contributed by atoms with Crippen molar-refractivity contribution in [3.63, 3.8) is 0 Å². The predicted octanol–water partition coefficient (Wildman–Crippen LogP) is 4.75. The van der Waals surface area contributed by atoms with Gasteiger partial charge in [-0.15, -0.1) is 20.4 Å². The molecule has 32 heavy (non-hydrogen) atoms.